The van der Waals surface area contributed by atoms with Crippen molar-refractivity contribution in [2.45, 2.75) is 6.54 Å². The number of benzene rings is 3. The van der Waals surface area contributed by atoms with Gasteiger partial charge in [-0.15, -0.1) is 0 Å². The zero-order chi connectivity index (χ0) is 15.2. The van der Waals surface area contributed by atoms with Gasteiger partial charge in [-0.2, -0.15) is 4.57 Å². The van der Waals surface area contributed by atoms with Crippen molar-refractivity contribution in [3.8, 4) is 22.4 Å². The van der Waals surface area contributed by atoms with Crippen LogP contribution < -0.4 is 4.57 Å². The van der Waals surface area contributed by atoms with Crippen LogP contribution in [0.2, 0.25) is 0 Å². The standard InChI is InChI=1S/C22H16N/c1-2-6-16(7-3-1)17-10-12-21-18(14-17)11-13-22-20-9-5-4-8-19(20)15-23(21)22/h1-14H,15H2/q+1. The van der Waals surface area contributed by atoms with Gasteiger partial charge in [-0.1, -0.05) is 48.5 Å². The Labute approximate surface area is 135 Å². The summed E-state index contributed by atoms with van der Waals surface area (Å²) in [7, 11) is 0. The second-order valence-electron chi connectivity index (χ2n) is 6.10. The van der Waals surface area contributed by atoms with Gasteiger partial charge < -0.3 is 0 Å². The second kappa shape index (κ2) is 4.79. The van der Waals surface area contributed by atoms with Gasteiger partial charge in [0.1, 0.15) is 0 Å². The summed E-state index contributed by atoms with van der Waals surface area (Å²) >= 11 is 0. The first-order valence-electron chi connectivity index (χ1n) is 8.00. The first-order chi connectivity index (χ1) is 11.4. The van der Waals surface area contributed by atoms with E-state index >= 15 is 0 Å². The normalized spacial score (nSPS) is 12.2. The number of nitrogens with zero attached hydrogens (tertiary/aromatic N) is 1. The molecule has 1 aromatic heterocycles. The molecule has 0 N–H and O–H groups in total. The van der Waals surface area contributed by atoms with E-state index in [1.54, 1.807) is 0 Å². The minimum Gasteiger partial charge on any atom is -0.187 e. The van der Waals surface area contributed by atoms with Crippen molar-refractivity contribution in [2.24, 2.45) is 0 Å². The maximum Gasteiger partial charge on any atom is 0.213 e. The van der Waals surface area contributed by atoms with Gasteiger partial charge in [0, 0.05) is 23.1 Å². The van der Waals surface area contributed by atoms with Gasteiger partial charge in [-0.25, -0.2) is 0 Å². The van der Waals surface area contributed by atoms with Gasteiger partial charge in [0.15, 0.2) is 6.54 Å². The maximum atomic E-state index is 2.43. The molecule has 1 aliphatic rings. The molecule has 108 valence electrons. The van der Waals surface area contributed by atoms with Crippen molar-refractivity contribution >= 4 is 10.9 Å². The zero-order valence-electron chi connectivity index (χ0n) is 12.7. The van der Waals surface area contributed by atoms with Crippen LogP contribution in [0, 0.1) is 0 Å². The van der Waals surface area contributed by atoms with E-state index in [1.165, 1.54) is 38.9 Å². The number of rotatable bonds is 1. The fourth-order valence-electron chi connectivity index (χ4n) is 3.62. The van der Waals surface area contributed by atoms with Gasteiger partial charge in [-0.05, 0) is 35.4 Å². The highest BCUT2D eigenvalue weighted by Crippen LogP contribution is 2.30. The van der Waals surface area contributed by atoms with Crippen LogP contribution in [0.5, 0.6) is 0 Å². The summed E-state index contributed by atoms with van der Waals surface area (Å²) in [5.41, 5.74) is 7.94. The second-order valence-corrected chi connectivity index (χ2v) is 6.10. The maximum absolute atomic E-state index is 2.43. The van der Waals surface area contributed by atoms with Crippen LogP contribution in [0.25, 0.3) is 33.3 Å². The Morgan fingerprint density at radius 3 is 2.39 bits per heavy atom. The summed E-state index contributed by atoms with van der Waals surface area (Å²) in [4.78, 5) is 0. The topological polar surface area (TPSA) is 3.88 Å². The molecule has 0 aliphatic carbocycles. The molecule has 0 radical (unpaired) electrons. The van der Waals surface area contributed by atoms with Crippen molar-refractivity contribution in [3.63, 3.8) is 0 Å². The van der Waals surface area contributed by atoms with E-state index in [2.05, 4.69) is 89.5 Å². The van der Waals surface area contributed by atoms with E-state index in [9.17, 15) is 0 Å². The average Bonchev–Trinajstić information content (AvgIpc) is 3.01. The first kappa shape index (κ1) is 12.6. The van der Waals surface area contributed by atoms with E-state index in [4.69, 9.17) is 0 Å². The molecule has 23 heavy (non-hydrogen) atoms. The minimum atomic E-state index is 0.966. The third-order valence-electron chi connectivity index (χ3n) is 4.76. The molecule has 2 heterocycles. The van der Waals surface area contributed by atoms with E-state index in [0.717, 1.165) is 6.54 Å². The predicted octanol–water partition coefficient (Wildman–Crippen LogP) is 4.82. The van der Waals surface area contributed by atoms with Crippen LogP contribution in [0.3, 0.4) is 0 Å². The summed E-state index contributed by atoms with van der Waals surface area (Å²) < 4.78 is 2.43. The number of fused-ring (bicyclic) bond motifs is 5. The van der Waals surface area contributed by atoms with Crippen LogP contribution in [0.1, 0.15) is 5.56 Å². The van der Waals surface area contributed by atoms with Crippen LogP contribution in [-0.4, -0.2) is 0 Å². The molecule has 1 nitrogen and oxygen atoms in total. The molecule has 4 aromatic rings. The lowest BCUT2D eigenvalue weighted by atomic mass is 10.0. The number of aromatic nitrogens is 1. The molecule has 1 heteroatoms. The Morgan fingerprint density at radius 1 is 0.652 bits per heavy atom. The van der Waals surface area contributed by atoms with Gasteiger partial charge in [0.2, 0.25) is 11.2 Å². The SMILES string of the molecule is c1ccc(-c2ccc3c(ccc4[n+]3Cc3ccccc3-4)c2)cc1. The van der Waals surface area contributed by atoms with Crippen molar-refractivity contribution in [2.75, 3.05) is 0 Å². The lowest BCUT2D eigenvalue weighted by molar-refractivity contribution is -0.645. The van der Waals surface area contributed by atoms with Gasteiger partial charge in [0.25, 0.3) is 0 Å². The van der Waals surface area contributed by atoms with Crippen molar-refractivity contribution < 1.29 is 4.57 Å². The number of hydrogen-bond acceptors (Lipinski definition) is 0. The summed E-state index contributed by atoms with van der Waals surface area (Å²) in [5, 5.41) is 1.29. The van der Waals surface area contributed by atoms with Gasteiger partial charge in [0.05, 0.1) is 5.56 Å². The van der Waals surface area contributed by atoms with Crippen LogP contribution >= 0.6 is 0 Å². The summed E-state index contributed by atoms with van der Waals surface area (Å²) in [6.45, 7) is 0.966. The Balaban J connectivity index is 1.71. The highest BCUT2D eigenvalue weighted by molar-refractivity contribution is 5.84. The summed E-state index contributed by atoms with van der Waals surface area (Å²) in [6, 6.07) is 30.5. The van der Waals surface area contributed by atoms with Crippen LogP contribution in [0.15, 0.2) is 84.9 Å². The third-order valence-corrected chi connectivity index (χ3v) is 4.76. The van der Waals surface area contributed by atoms with Crippen LogP contribution in [0.4, 0.5) is 0 Å². The van der Waals surface area contributed by atoms with Crippen molar-refractivity contribution in [1.82, 2.24) is 0 Å². The van der Waals surface area contributed by atoms with E-state index in [-0.39, 0.29) is 0 Å². The smallest absolute Gasteiger partial charge is 0.187 e. The minimum absolute atomic E-state index is 0.966. The molecule has 5 rings (SSSR count). The lowest BCUT2D eigenvalue weighted by Gasteiger charge is -2.04. The number of pyridine rings is 1. The van der Waals surface area contributed by atoms with Crippen LogP contribution in [-0.2, 0) is 6.54 Å². The first-order valence-corrected chi connectivity index (χ1v) is 8.00. The average molecular weight is 294 g/mol. The monoisotopic (exact) mass is 294 g/mol. The van der Waals surface area contributed by atoms with Crippen molar-refractivity contribution in [3.05, 3.63) is 90.5 Å². The lowest BCUT2D eigenvalue weighted by Crippen LogP contribution is -2.33. The molecule has 0 saturated carbocycles. The van der Waals surface area contributed by atoms with Gasteiger partial charge >= 0.3 is 0 Å². The molecule has 0 fully saturated rings. The Morgan fingerprint density at radius 2 is 1.48 bits per heavy atom. The molecule has 0 spiro atoms. The summed E-state index contributed by atoms with van der Waals surface area (Å²) in [5.74, 6) is 0. The van der Waals surface area contributed by atoms with Gasteiger partial charge in [-0.3, -0.25) is 0 Å². The largest absolute Gasteiger partial charge is 0.213 e. The quantitative estimate of drug-likeness (QED) is 0.390. The highest BCUT2D eigenvalue weighted by atomic mass is 15.0. The highest BCUT2D eigenvalue weighted by Gasteiger charge is 2.27. The Bertz CT molecular complexity index is 1030. The third kappa shape index (κ3) is 1.90. The van der Waals surface area contributed by atoms with E-state index < -0.39 is 0 Å². The Hall–Kier alpha value is -2.93. The molecule has 0 saturated heterocycles. The molecular formula is C22H16N+. The molecule has 0 amide bonds. The predicted molar refractivity (Wildman–Crippen MR) is 94.1 cm³/mol. The fraction of sp³-hybridized carbons (Fsp3) is 0.0455. The molecule has 3 aromatic carbocycles. The molecule has 1 aliphatic heterocycles. The molecule has 0 unspecified atom stereocenters. The number of hydrogen-bond donors (Lipinski definition) is 0. The molecule has 0 bridgehead atoms. The molecule has 0 atom stereocenters. The van der Waals surface area contributed by atoms with E-state index in [0.29, 0.717) is 0 Å². The fourth-order valence-corrected chi connectivity index (χ4v) is 3.62. The summed E-state index contributed by atoms with van der Waals surface area (Å²) in [6.07, 6.45) is 0. The van der Waals surface area contributed by atoms with Crippen molar-refractivity contribution in [1.29, 1.82) is 0 Å². The molecular weight excluding hydrogens is 278 g/mol. The zero-order valence-corrected chi connectivity index (χ0v) is 12.7. The van der Waals surface area contributed by atoms with E-state index in [1.807, 2.05) is 0 Å². The Kier molecular flexibility index (Phi) is 2.62.